The van der Waals surface area contributed by atoms with Crippen molar-refractivity contribution in [1.29, 1.82) is 0 Å². The van der Waals surface area contributed by atoms with Crippen LogP contribution >= 0.6 is 23.1 Å². The zero-order valence-electron chi connectivity index (χ0n) is 11.6. The molecular formula is C16H16N2S2. The van der Waals surface area contributed by atoms with Gasteiger partial charge < -0.3 is 4.90 Å². The number of benzene rings is 1. The first-order valence-electron chi connectivity index (χ1n) is 7.00. The van der Waals surface area contributed by atoms with Crippen LogP contribution in [0.4, 0.5) is 0 Å². The fourth-order valence-electron chi connectivity index (χ4n) is 2.86. The van der Waals surface area contributed by atoms with Gasteiger partial charge in [-0.1, -0.05) is 30.8 Å². The molecular weight excluding hydrogens is 284 g/mol. The predicted octanol–water partition coefficient (Wildman–Crippen LogP) is 4.71. The summed E-state index contributed by atoms with van der Waals surface area (Å²) in [6.07, 6.45) is 1.09. The van der Waals surface area contributed by atoms with Gasteiger partial charge in [0.1, 0.15) is 0 Å². The Kier molecular flexibility index (Phi) is 2.89. The minimum absolute atomic E-state index is 0.937. The standard InChI is InChI=1S/C16H16N2S2/c1-3-12-15(18-8-7-17-16(18)20-12)14-9-11-10(2)5-4-6-13(11)19-14/h4-6,9H,3,7-8H2,1-2H3. The molecule has 0 N–H and O–H groups in total. The average Bonchev–Trinajstić information content (AvgIpc) is 3.10. The molecule has 4 rings (SSSR count). The van der Waals surface area contributed by atoms with Crippen LogP contribution in [0.25, 0.3) is 15.8 Å². The lowest BCUT2D eigenvalue weighted by molar-refractivity contribution is 0.648. The summed E-state index contributed by atoms with van der Waals surface area (Å²) < 4.78 is 1.39. The molecule has 0 saturated heterocycles. The third-order valence-corrected chi connectivity index (χ3v) is 6.25. The van der Waals surface area contributed by atoms with Crippen LogP contribution in [0.2, 0.25) is 0 Å². The first-order valence-corrected chi connectivity index (χ1v) is 8.63. The number of aliphatic imine (C=N–C) groups is 1. The maximum Gasteiger partial charge on any atom is 0.168 e. The van der Waals surface area contributed by atoms with E-state index in [0.717, 1.165) is 19.5 Å². The van der Waals surface area contributed by atoms with E-state index in [0.29, 0.717) is 0 Å². The zero-order valence-corrected chi connectivity index (χ0v) is 13.3. The highest BCUT2D eigenvalue weighted by Gasteiger charge is 2.32. The normalized spacial score (nSPS) is 18.1. The molecule has 2 aliphatic rings. The summed E-state index contributed by atoms with van der Waals surface area (Å²) in [5, 5.41) is 2.59. The van der Waals surface area contributed by atoms with E-state index in [4.69, 9.17) is 0 Å². The Hall–Kier alpha value is -1.26. The van der Waals surface area contributed by atoms with Crippen LogP contribution < -0.4 is 0 Å². The van der Waals surface area contributed by atoms with E-state index in [1.54, 1.807) is 0 Å². The molecule has 4 heteroatoms. The SMILES string of the molecule is CCC1=C(c2cc3c(C)cccc3s2)N2CCN=C2S1. The average molecular weight is 300 g/mol. The number of aryl methyl sites for hydroxylation is 1. The predicted molar refractivity (Wildman–Crippen MR) is 90.4 cm³/mol. The third-order valence-electron chi connectivity index (χ3n) is 3.88. The fraction of sp³-hybridized carbons (Fsp3) is 0.312. The number of thiophene rings is 1. The first kappa shape index (κ1) is 12.5. The lowest BCUT2D eigenvalue weighted by atomic mass is 10.1. The van der Waals surface area contributed by atoms with E-state index < -0.39 is 0 Å². The molecule has 0 spiro atoms. The Bertz CT molecular complexity index is 755. The van der Waals surface area contributed by atoms with Crippen molar-refractivity contribution in [2.75, 3.05) is 13.1 Å². The highest BCUT2D eigenvalue weighted by atomic mass is 32.2. The van der Waals surface area contributed by atoms with Crippen LogP contribution in [0.15, 0.2) is 34.2 Å². The topological polar surface area (TPSA) is 15.6 Å². The highest BCUT2D eigenvalue weighted by Crippen LogP contribution is 2.46. The number of thioether (sulfide) groups is 1. The third kappa shape index (κ3) is 1.75. The van der Waals surface area contributed by atoms with E-state index >= 15 is 0 Å². The maximum absolute atomic E-state index is 4.61. The summed E-state index contributed by atoms with van der Waals surface area (Å²) in [4.78, 5) is 9.88. The number of allylic oxidation sites excluding steroid dienone is 1. The second-order valence-electron chi connectivity index (χ2n) is 5.14. The van der Waals surface area contributed by atoms with Gasteiger partial charge in [-0.05, 0) is 36.4 Å². The molecule has 0 fully saturated rings. The van der Waals surface area contributed by atoms with Gasteiger partial charge in [0.25, 0.3) is 0 Å². The number of amidine groups is 1. The highest BCUT2D eigenvalue weighted by molar-refractivity contribution is 8.17. The van der Waals surface area contributed by atoms with Crippen molar-refractivity contribution in [3.05, 3.63) is 39.6 Å². The van der Waals surface area contributed by atoms with E-state index in [9.17, 15) is 0 Å². The van der Waals surface area contributed by atoms with Gasteiger partial charge in [-0.15, -0.1) is 11.3 Å². The Morgan fingerprint density at radius 1 is 1.35 bits per heavy atom. The first-order chi connectivity index (χ1) is 9.78. The summed E-state index contributed by atoms with van der Waals surface area (Å²) in [6.45, 7) is 6.41. The van der Waals surface area contributed by atoms with Crippen molar-refractivity contribution in [2.45, 2.75) is 20.3 Å². The number of nitrogens with zero attached hydrogens (tertiary/aromatic N) is 2. The lowest BCUT2D eigenvalue weighted by Crippen LogP contribution is -2.19. The van der Waals surface area contributed by atoms with Gasteiger partial charge in [0, 0.05) is 16.1 Å². The van der Waals surface area contributed by atoms with E-state index in [1.165, 1.54) is 36.3 Å². The molecule has 2 aromatic rings. The van der Waals surface area contributed by atoms with Crippen LogP contribution in [-0.2, 0) is 0 Å². The van der Waals surface area contributed by atoms with Gasteiger partial charge in [0.05, 0.1) is 17.1 Å². The molecule has 0 atom stereocenters. The van der Waals surface area contributed by atoms with Crippen LogP contribution in [0.5, 0.6) is 0 Å². The van der Waals surface area contributed by atoms with E-state index in [-0.39, 0.29) is 0 Å². The molecule has 0 bridgehead atoms. The van der Waals surface area contributed by atoms with Gasteiger partial charge >= 0.3 is 0 Å². The lowest BCUT2D eigenvalue weighted by Gasteiger charge is -2.15. The van der Waals surface area contributed by atoms with Crippen molar-refractivity contribution in [3.8, 4) is 0 Å². The van der Waals surface area contributed by atoms with Crippen molar-refractivity contribution < 1.29 is 0 Å². The van der Waals surface area contributed by atoms with Crippen molar-refractivity contribution in [3.63, 3.8) is 0 Å². The monoisotopic (exact) mass is 300 g/mol. The van der Waals surface area contributed by atoms with Gasteiger partial charge in [0.15, 0.2) is 5.17 Å². The molecule has 2 nitrogen and oxygen atoms in total. The molecule has 3 heterocycles. The summed E-state index contributed by atoms with van der Waals surface area (Å²) in [6, 6.07) is 8.94. The second-order valence-corrected chi connectivity index (χ2v) is 7.29. The van der Waals surface area contributed by atoms with E-state index in [1.807, 2.05) is 23.1 Å². The van der Waals surface area contributed by atoms with Crippen molar-refractivity contribution in [2.24, 2.45) is 4.99 Å². The smallest absolute Gasteiger partial charge is 0.168 e. The maximum atomic E-state index is 4.61. The van der Waals surface area contributed by atoms with Crippen LogP contribution in [0.3, 0.4) is 0 Å². The Morgan fingerprint density at radius 3 is 3.05 bits per heavy atom. The van der Waals surface area contributed by atoms with Gasteiger partial charge in [-0.3, -0.25) is 4.99 Å². The number of hydrogen-bond acceptors (Lipinski definition) is 4. The second kappa shape index (κ2) is 4.64. The largest absolute Gasteiger partial charge is 0.317 e. The Balaban J connectivity index is 1.89. The van der Waals surface area contributed by atoms with Crippen molar-refractivity contribution >= 4 is 44.0 Å². The molecule has 0 saturated carbocycles. The van der Waals surface area contributed by atoms with Gasteiger partial charge in [0.2, 0.25) is 0 Å². The molecule has 102 valence electrons. The van der Waals surface area contributed by atoms with Crippen LogP contribution in [-0.4, -0.2) is 23.2 Å². The van der Waals surface area contributed by atoms with Crippen LogP contribution in [0.1, 0.15) is 23.8 Å². The molecule has 2 aliphatic heterocycles. The summed E-state index contributed by atoms with van der Waals surface area (Å²) in [7, 11) is 0. The van der Waals surface area contributed by atoms with Crippen LogP contribution in [0, 0.1) is 6.92 Å². The Morgan fingerprint density at radius 2 is 2.25 bits per heavy atom. The zero-order chi connectivity index (χ0) is 13.7. The number of hydrogen-bond donors (Lipinski definition) is 0. The molecule has 0 radical (unpaired) electrons. The molecule has 0 unspecified atom stereocenters. The molecule has 0 amide bonds. The minimum atomic E-state index is 0.937. The quantitative estimate of drug-likeness (QED) is 0.798. The fourth-order valence-corrected chi connectivity index (χ4v) is 5.28. The van der Waals surface area contributed by atoms with Gasteiger partial charge in [-0.25, -0.2) is 0 Å². The minimum Gasteiger partial charge on any atom is -0.317 e. The molecule has 0 aliphatic carbocycles. The summed E-state index contributed by atoms with van der Waals surface area (Å²) >= 11 is 3.77. The van der Waals surface area contributed by atoms with Crippen molar-refractivity contribution in [1.82, 2.24) is 4.90 Å². The number of fused-ring (bicyclic) bond motifs is 2. The molecule has 1 aromatic heterocycles. The molecule has 1 aromatic carbocycles. The number of rotatable bonds is 2. The summed E-state index contributed by atoms with van der Waals surface area (Å²) in [5.41, 5.74) is 2.78. The molecule has 20 heavy (non-hydrogen) atoms. The van der Waals surface area contributed by atoms with Gasteiger partial charge in [-0.2, -0.15) is 0 Å². The summed E-state index contributed by atoms with van der Waals surface area (Å²) in [5.74, 6) is 0. The van der Waals surface area contributed by atoms with E-state index in [2.05, 4.69) is 48.0 Å². The Labute approximate surface area is 127 Å².